The fourth-order valence-corrected chi connectivity index (χ4v) is 2.12. The number of nitrogens with zero attached hydrogens (tertiary/aromatic N) is 5. The number of imidazole rings is 1. The third-order valence-corrected chi connectivity index (χ3v) is 3.02. The van der Waals surface area contributed by atoms with Crippen molar-refractivity contribution in [1.82, 2.24) is 24.5 Å². The molecule has 0 unspecified atom stereocenters. The highest BCUT2D eigenvalue weighted by atomic mass is 16.3. The molecule has 0 aliphatic heterocycles. The highest BCUT2D eigenvalue weighted by Crippen LogP contribution is 2.19. The third kappa shape index (κ3) is 2.15. The van der Waals surface area contributed by atoms with Gasteiger partial charge in [0, 0.05) is 18.4 Å². The number of anilines is 1. The van der Waals surface area contributed by atoms with Gasteiger partial charge in [0.1, 0.15) is 12.4 Å². The van der Waals surface area contributed by atoms with Gasteiger partial charge in [-0.3, -0.25) is 4.68 Å². The number of nitrogens with two attached hydrogens (primary N) is 1. The first-order valence-electron chi connectivity index (χ1n) is 5.97. The summed E-state index contributed by atoms with van der Waals surface area (Å²) in [6, 6.07) is 5.55. The normalized spacial score (nSPS) is 11.2. The predicted octanol–water partition coefficient (Wildman–Crippen LogP) is 0.402. The van der Waals surface area contributed by atoms with Crippen LogP contribution < -0.4 is 5.73 Å². The van der Waals surface area contributed by atoms with Crippen LogP contribution in [0.4, 0.5) is 5.69 Å². The smallest absolute Gasteiger partial charge is 0.135 e. The highest BCUT2D eigenvalue weighted by molar-refractivity contribution is 5.79. The molecule has 2 heterocycles. The predicted molar refractivity (Wildman–Crippen MR) is 70.1 cm³/mol. The van der Waals surface area contributed by atoms with Crippen molar-refractivity contribution in [2.45, 2.75) is 19.7 Å². The lowest BCUT2D eigenvalue weighted by atomic mass is 10.3. The minimum absolute atomic E-state index is 0.105. The lowest BCUT2D eigenvalue weighted by molar-refractivity contribution is 0.264. The van der Waals surface area contributed by atoms with Crippen LogP contribution >= 0.6 is 0 Å². The van der Waals surface area contributed by atoms with Crippen LogP contribution in [0.15, 0.2) is 30.6 Å². The molecule has 0 saturated carbocycles. The molecule has 3 rings (SSSR count). The summed E-state index contributed by atoms with van der Waals surface area (Å²) in [6.07, 6.45) is 3.44. The summed E-state index contributed by atoms with van der Waals surface area (Å²) in [5.41, 5.74) is 8.16. The first kappa shape index (κ1) is 11.7. The molecule has 0 radical (unpaired) electrons. The van der Waals surface area contributed by atoms with E-state index in [9.17, 15) is 5.11 Å². The number of aliphatic hydroxyl groups is 1. The Labute approximate surface area is 109 Å². The maximum absolute atomic E-state index is 9.40. The van der Waals surface area contributed by atoms with Gasteiger partial charge < -0.3 is 15.4 Å². The Morgan fingerprint density at radius 1 is 1.26 bits per heavy atom. The average molecular weight is 258 g/mol. The zero-order valence-electron chi connectivity index (χ0n) is 10.3. The lowest BCUT2D eigenvalue weighted by Gasteiger charge is -2.07. The number of hydrogen-bond acceptors (Lipinski definition) is 5. The maximum Gasteiger partial charge on any atom is 0.135 e. The summed E-state index contributed by atoms with van der Waals surface area (Å²) >= 11 is 0. The van der Waals surface area contributed by atoms with E-state index in [1.54, 1.807) is 23.1 Å². The van der Waals surface area contributed by atoms with Crippen LogP contribution in [0.2, 0.25) is 0 Å². The fraction of sp³-hybridized carbons (Fsp3) is 0.250. The van der Waals surface area contributed by atoms with Crippen molar-refractivity contribution in [2.75, 3.05) is 5.73 Å². The Hall–Kier alpha value is -2.41. The zero-order chi connectivity index (χ0) is 13.2. The number of hydrogen-bond donors (Lipinski definition) is 2. The summed E-state index contributed by atoms with van der Waals surface area (Å²) < 4.78 is 3.71. The van der Waals surface area contributed by atoms with Crippen molar-refractivity contribution in [3.63, 3.8) is 0 Å². The number of fused-ring (bicyclic) bond motifs is 1. The SMILES string of the molecule is Nc1ccc2c(c1)nc(CO)n2CCn1ccnn1. The average Bonchev–Trinajstić information content (AvgIpc) is 3.02. The molecule has 0 bridgehead atoms. The van der Waals surface area contributed by atoms with E-state index in [-0.39, 0.29) is 6.61 Å². The van der Waals surface area contributed by atoms with Crippen LogP contribution in [-0.2, 0) is 19.7 Å². The monoisotopic (exact) mass is 258 g/mol. The van der Waals surface area contributed by atoms with Gasteiger partial charge in [0.15, 0.2) is 0 Å². The van der Waals surface area contributed by atoms with Gasteiger partial charge in [-0.05, 0) is 18.2 Å². The van der Waals surface area contributed by atoms with E-state index in [1.165, 1.54) is 0 Å². The van der Waals surface area contributed by atoms with E-state index < -0.39 is 0 Å². The van der Waals surface area contributed by atoms with E-state index in [0.717, 1.165) is 11.0 Å². The number of benzene rings is 1. The molecule has 0 fully saturated rings. The van der Waals surface area contributed by atoms with Crippen molar-refractivity contribution < 1.29 is 5.11 Å². The fourth-order valence-electron chi connectivity index (χ4n) is 2.12. The molecule has 0 atom stereocenters. The molecule has 2 aromatic heterocycles. The standard InChI is InChI=1S/C12H14N6O/c13-9-1-2-11-10(7-9)15-12(8-19)18(11)6-5-17-4-3-14-16-17/h1-4,7,19H,5-6,8,13H2. The Morgan fingerprint density at radius 3 is 2.89 bits per heavy atom. The van der Waals surface area contributed by atoms with E-state index >= 15 is 0 Å². The van der Waals surface area contributed by atoms with Crippen LogP contribution in [0.1, 0.15) is 5.82 Å². The molecule has 0 saturated heterocycles. The van der Waals surface area contributed by atoms with Gasteiger partial charge in [0.25, 0.3) is 0 Å². The van der Waals surface area contributed by atoms with Crippen LogP contribution in [0.25, 0.3) is 11.0 Å². The maximum atomic E-state index is 9.40. The first-order valence-corrected chi connectivity index (χ1v) is 5.97. The van der Waals surface area contributed by atoms with Gasteiger partial charge in [-0.1, -0.05) is 5.21 Å². The van der Waals surface area contributed by atoms with Crippen molar-refractivity contribution in [2.24, 2.45) is 0 Å². The molecular weight excluding hydrogens is 244 g/mol. The number of rotatable bonds is 4. The minimum Gasteiger partial charge on any atom is -0.399 e. The summed E-state index contributed by atoms with van der Waals surface area (Å²) in [7, 11) is 0. The number of aromatic nitrogens is 5. The summed E-state index contributed by atoms with van der Waals surface area (Å²) in [5.74, 6) is 0.626. The number of aryl methyl sites for hydroxylation is 2. The molecule has 0 amide bonds. The Balaban J connectivity index is 1.96. The van der Waals surface area contributed by atoms with Gasteiger partial charge in [-0.2, -0.15) is 0 Å². The topological polar surface area (TPSA) is 94.8 Å². The molecule has 3 aromatic rings. The zero-order valence-corrected chi connectivity index (χ0v) is 10.3. The van der Waals surface area contributed by atoms with E-state index in [0.29, 0.717) is 24.6 Å². The van der Waals surface area contributed by atoms with Gasteiger partial charge in [-0.15, -0.1) is 5.10 Å². The van der Waals surface area contributed by atoms with E-state index in [1.807, 2.05) is 16.7 Å². The van der Waals surface area contributed by atoms with Crippen molar-refractivity contribution >= 4 is 16.7 Å². The number of nitrogen functional groups attached to an aromatic ring is 1. The number of aliphatic hydroxyl groups excluding tert-OH is 1. The first-order chi connectivity index (χ1) is 9.28. The summed E-state index contributed by atoms with van der Waals surface area (Å²) in [6.45, 7) is 1.23. The highest BCUT2D eigenvalue weighted by Gasteiger charge is 2.10. The second-order valence-corrected chi connectivity index (χ2v) is 4.25. The van der Waals surface area contributed by atoms with Crippen molar-refractivity contribution in [3.05, 3.63) is 36.4 Å². The van der Waals surface area contributed by atoms with Crippen LogP contribution in [0.5, 0.6) is 0 Å². The van der Waals surface area contributed by atoms with Gasteiger partial charge in [0.05, 0.1) is 23.8 Å². The molecule has 7 nitrogen and oxygen atoms in total. The van der Waals surface area contributed by atoms with Crippen molar-refractivity contribution in [3.8, 4) is 0 Å². The van der Waals surface area contributed by atoms with E-state index in [4.69, 9.17) is 5.73 Å². The Morgan fingerprint density at radius 2 is 2.16 bits per heavy atom. The molecular formula is C12H14N6O. The Kier molecular flexibility index (Phi) is 2.88. The van der Waals surface area contributed by atoms with E-state index in [2.05, 4.69) is 15.3 Å². The largest absolute Gasteiger partial charge is 0.399 e. The van der Waals surface area contributed by atoms with Gasteiger partial charge >= 0.3 is 0 Å². The molecule has 0 aliphatic rings. The molecule has 98 valence electrons. The van der Waals surface area contributed by atoms with Gasteiger partial charge in [0.2, 0.25) is 0 Å². The van der Waals surface area contributed by atoms with Crippen molar-refractivity contribution in [1.29, 1.82) is 0 Å². The van der Waals surface area contributed by atoms with Crippen LogP contribution in [0.3, 0.4) is 0 Å². The Bertz CT molecular complexity index is 688. The molecule has 19 heavy (non-hydrogen) atoms. The quantitative estimate of drug-likeness (QED) is 0.661. The lowest BCUT2D eigenvalue weighted by Crippen LogP contribution is -2.11. The van der Waals surface area contributed by atoms with Crippen LogP contribution in [0, 0.1) is 0 Å². The molecule has 3 N–H and O–H groups in total. The van der Waals surface area contributed by atoms with Gasteiger partial charge in [-0.25, -0.2) is 4.98 Å². The second-order valence-electron chi connectivity index (χ2n) is 4.25. The molecule has 7 heteroatoms. The van der Waals surface area contributed by atoms with Crippen LogP contribution in [-0.4, -0.2) is 29.7 Å². The minimum atomic E-state index is -0.105. The third-order valence-electron chi connectivity index (χ3n) is 3.02. The molecule has 0 spiro atoms. The molecule has 0 aliphatic carbocycles. The summed E-state index contributed by atoms with van der Waals surface area (Å²) in [4.78, 5) is 4.38. The molecule has 1 aromatic carbocycles. The second kappa shape index (κ2) is 4.69. The summed E-state index contributed by atoms with van der Waals surface area (Å²) in [5, 5.41) is 17.1.